The normalized spacial score (nSPS) is 17.2. The highest BCUT2D eigenvalue weighted by molar-refractivity contribution is 6.30. The molecule has 0 bridgehead atoms. The van der Waals surface area contributed by atoms with Gasteiger partial charge >= 0.3 is 6.09 Å². The van der Waals surface area contributed by atoms with E-state index in [1.807, 2.05) is 26.8 Å². The van der Waals surface area contributed by atoms with Crippen molar-refractivity contribution < 1.29 is 14.3 Å². The maximum atomic E-state index is 12.1. The van der Waals surface area contributed by atoms with Crippen molar-refractivity contribution in [3.8, 4) is 0 Å². The summed E-state index contributed by atoms with van der Waals surface area (Å²) in [7, 11) is 0. The second-order valence-corrected chi connectivity index (χ2v) is 7.57. The second kappa shape index (κ2) is 8.54. The Kier molecular flexibility index (Phi) is 6.67. The molecule has 1 heterocycles. The number of nitrogens with one attached hydrogen (secondary N) is 3. The number of benzene rings is 1. The third-order valence-electron chi connectivity index (χ3n) is 3.82. The number of carbonyl (C=O) groups is 2. The van der Waals surface area contributed by atoms with Gasteiger partial charge in [0.15, 0.2) is 0 Å². The van der Waals surface area contributed by atoms with E-state index in [2.05, 4.69) is 16.0 Å². The molecule has 1 aromatic rings. The first-order chi connectivity index (χ1) is 11.7. The molecule has 0 saturated carbocycles. The fourth-order valence-corrected chi connectivity index (χ4v) is 2.82. The molecule has 6 nitrogen and oxygen atoms in total. The van der Waals surface area contributed by atoms with Crippen LogP contribution in [0.15, 0.2) is 18.2 Å². The zero-order chi connectivity index (χ0) is 18.4. The third-order valence-corrected chi connectivity index (χ3v) is 4.06. The van der Waals surface area contributed by atoms with Gasteiger partial charge in [-0.25, -0.2) is 4.79 Å². The van der Waals surface area contributed by atoms with Crippen LogP contribution in [0.5, 0.6) is 0 Å². The first-order valence-electron chi connectivity index (χ1n) is 8.50. The quantitative estimate of drug-likeness (QED) is 0.747. The SMILES string of the molecule is CC(C)(C)OC(=O)NCc1ccc(Cl)cc1CNC(=O)C1CCCN1. The summed E-state index contributed by atoms with van der Waals surface area (Å²) in [4.78, 5) is 24.0. The van der Waals surface area contributed by atoms with E-state index in [0.717, 1.165) is 30.5 Å². The number of hydrogen-bond donors (Lipinski definition) is 3. The number of hydrogen-bond acceptors (Lipinski definition) is 4. The molecular weight excluding hydrogens is 342 g/mol. The Bertz CT molecular complexity index is 622. The monoisotopic (exact) mass is 367 g/mol. The van der Waals surface area contributed by atoms with Crippen molar-refractivity contribution in [2.45, 2.75) is 58.3 Å². The van der Waals surface area contributed by atoms with Gasteiger partial charge in [-0.05, 0) is 63.4 Å². The number of ether oxygens (including phenoxy) is 1. The van der Waals surface area contributed by atoms with E-state index in [0.29, 0.717) is 18.1 Å². The standard InChI is InChI=1S/C18H26ClN3O3/c1-18(2,3)25-17(24)22-10-12-6-7-14(19)9-13(12)11-21-16(23)15-5-4-8-20-15/h6-7,9,15,20H,4-5,8,10-11H2,1-3H3,(H,21,23)(H,22,24). The van der Waals surface area contributed by atoms with Gasteiger partial charge in [0, 0.05) is 18.1 Å². The van der Waals surface area contributed by atoms with Crippen LogP contribution >= 0.6 is 11.6 Å². The van der Waals surface area contributed by atoms with Gasteiger partial charge in [-0.1, -0.05) is 17.7 Å². The summed E-state index contributed by atoms with van der Waals surface area (Å²) in [6.45, 7) is 6.98. The molecule has 1 fully saturated rings. The van der Waals surface area contributed by atoms with Crippen LogP contribution in [-0.4, -0.2) is 30.2 Å². The van der Waals surface area contributed by atoms with E-state index in [-0.39, 0.29) is 11.9 Å². The molecule has 138 valence electrons. The summed E-state index contributed by atoms with van der Waals surface area (Å²) in [5.41, 5.74) is 1.21. The molecule has 1 aliphatic rings. The van der Waals surface area contributed by atoms with Gasteiger partial charge in [0.25, 0.3) is 0 Å². The third kappa shape index (κ3) is 6.55. The minimum atomic E-state index is -0.546. The molecular formula is C18H26ClN3O3. The van der Waals surface area contributed by atoms with Gasteiger partial charge in [-0.2, -0.15) is 0 Å². The Morgan fingerprint density at radius 3 is 2.60 bits per heavy atom. The molecule has 0 aromatic heterocycles. The Morgan fingerprint density at radius 1 is 1.24 bits per heavy atom. The lowest BCUT2D eigenvalue weighted by Crippen LogP contribution is -2.40. The van der Waals surface area contributed by atoms with Crippen LogP contribution in [0.4, 0.5) is 4.79 Å². The van der Waals surface area contributed by atoms with Crippen molar-refractivity contribution in [3.63, 3.8) is 0 Å². The van der Waals surface area contributed by atoms with Gasteiger partial charge < -0.3 is 20.7 Å². The minimum Gasteiger partial charge on any atom is -0.444 e. The van der Waals surface area contributed by atoms with Crippen LogP contribution in [0.1, 0.15) is 44.7 Å². The molecule has 1 unspecified atom stereocenters. The van der Waals surface area contributed by atoms with E-state index in [4.69, 9.17) is 16.3 Å². The molecule has 25 heavy (non-hydrogen) atoms. The fraction of sp³-hybridized carbons (Fsp3) is 0.556. The zero-order valence-corrected chi connectivity index (χ0v) is 15.7. The molecule has 2 amide bonds. The highest BCUT2D eigenvalue weighted by Crippen LogP contribution is 2.17. The van der Waals surface area contributed by atoms with E-state index < -0.39 is 11.7 Å². The van der Waals surface area contributed by atoms with E-state index in [1.54, 1.807) is 12.1 Å². The van der Waals surface area contributed by atoms with Crippen molar-refractivity contribution in [1.82, 2.24) is 16.0 Å². The average Bonchev–Trinajstić information content (AvgIpc) is 3.04. The number of halogens is 1. The number of carbonyl (C=O) groups excluding carboxylic acids is 2. The predicted octanol–water partition coefficient (Wildman–Crippen LogP) is 2.73. The zero-order valence-electron chi connectivity index (χ0n) is 14.9. The summed E-state index contributed by atoms with van der Waals surface area (Å²) >= 11 is 6.07. The van der Waals surface area contributed by atoms with Crippen molar-refractivity contribution in [3.05, 3.63) is 34.3 Å². The molecule has 1 saturated heterocycles. The Hall–Kier alpha value is -1.79. The van der Waals surface area contributed by atoms with Crippen LogP contribution in [-0.2, 0) is 22.6 Å². The van der Waals surface area contributed by atoms with Gasteiger partial charge in [0.2, 0.25) is 5.91 Å². The molecule has 7 heteroatoms. The molecule has 0 radical (unpaired) electrons. The minimum absolute atomic E-state index is 0.0106. The smallest absolute Gasteiger partial charge is 0.407 e. The summed E-state index contributed by atoms with van der Waals surface area (Å²) in [5, 5.41) is 9.42. The molecule has 0 aliphatic carbocycles. The summed E-state index contributed by atoms with van der Waals surface area (Å²) in [6, 6.07) is 5.28. The Labute approximate surface area is 153 Å². The molecule has 1 aliphatic heterocycles. The van der Waals surface area contributed by atoms with Crippen LogP contribution in [0.2, 0.25) is 5.02 Å². The van der Waals surface area contributed by atoms with E-state index in [1.165, 1.54) is 0 Å². The van der Waals surface area contributed by atoms with Crippen LogP contribution in [0.3, 0.4) is 0 Å². The van der Waals surface area contributed by atoms with Crippen LogP contribution in [0, 0.1) is 0 Å². The van der Waals surface area contributed by atoms with Gasteiger partial charge in [-0.3, -0.25) is 4.79 Å². The average molecular weight is 368 g/mol. The van der Waals surface area contributed by atoms with Crippen molar-refractivity contribution in [2.75, 3.05) is 6.54 Å². The highest BCUT2D eigenvalue weighted by atomic mass is 35.5. The highest BCUT2D eigenvalue weighted by Gasteiger charge is 2.22. The lowest BCUT2D eigenvalue weighted by molar-refractivity contribution is -0.122. The summed E-state index contributed by atoms with van der Waals surface area (Å²) in [5.74, 6) is -0.0106. The fourth-order valence-electron chi connectivity index (χ4n) is 2.63. The molecule has 2 rings (SSSR count). The summed E-state index contributed by atoms with van der Waals surface area (Å²) in [6.07, 6.45) is 1.39. The van der Waals surface area contributed by atoms with Crippen molar-refractivity contribution >= 4 is 23.6 Å². The molecule has 1 aromatic carbocycles. The number of alkyl carbamates (subject to hydrolysis) is 1. The maximum Gasteiger partial charge on any atom is 0.407 e. The molecule has 3 N–H and O–H groups in total. The van der Waals surface area contributed by atoms with Gasteiger partial charge in [-0.15, -0.1) is 0 Å². The number of amides is 2. The Morgan fingerprint density at radius 2 is 1.96 bits per heavy atom. The first-order valence-corrected chi connectivity index (χ1v) is 8.87. The Balaban J connectivity index is 1.94. The lowest BCUT2D eigenvalue weighted by atomic mass is 10.1. The van der Waals surface area contributed by atoms with Gasteiger partial charge in [0.1, 0.15) is 5.60 Å². The second-order valence-electron chi connectivity index (χ2n) is 7.14. The van der Waals surface area contributed by atoms with Crippen molar-refractivity contribution in [1.29, 1.82) is 0 Å². The topological polar surface area (TPSA) is 79.5 Å². The van der Waals surface area contributed by atoms with Crippen molar-refractivity contribution in [2.24, 2.45) is 0 Å². The molecule has 1 atom stereocenters. The number of rotatable bonds is 5. The maximum absolute atomic E-state index is 12.1. The lowest BCUT2D eigenvalue weighted by Gasteiger charge is -2.20. The predicted molar refractivity (Wildman–Crippen MR) is 97.4 cm³/mol. The first kappa shape index (κ1) is 19.5. The van der Waals surface area contributed by atoms with Gasteiger partial charge in [0.05, 0.1) is 6.04 Å². The molecule has 0 spiro atoms. The van der Waals surface area contributed by atoms with E-state index in [9.17, 15) is 9.59 Å². The van der Waals surface area contributed by atoms with E-state index >= 15 is 0 Å². The summed E-state index contributed by atoms with van der Waals surface area (Å²) < 4.78 is 5.23. The van der Waals surface area contributed by atoms with Crippen LogP contribution in [0.25, 0.3) is 0 Å². The largest absolute Gasteiger partial charge is 0.444 e. The van der Waals surface area contributed by atoms with Crippen LogP contribution < -0.4 is 16.0 Å².